The van der Waals surface area contributed by atoms with Gasteiger partial charge in [0, 0.05) is 25.2 Å². The van der Waals surface area contributed by atoms with Crippen LogP contribution in [0.4, 0.5) is 4.79 Å². The Bertz CT molecular complexity index is 869. The number of likely N-dealkylation sites (tertiary alicyclic amines) is 1. The zero-order valence-electron chi connectivity index (χ0n) is 18.6. The molecule has 166 valence electrons. The van der Waals surface area contributed by atoms with Crippen molar-refractivity contribution in [1.29, 1.82) is 0 Å². The van der Waals surface area contributed by atoms with Gasteiger partial charge in [-0.3, -0.25) is 4.79 Å². The Labute approximate surface area is 184 Å². The molecule has 0 saturated carbocycles. The summed E-state index contributed by atoms with van der Waals surface area (Å²) in [6, 6.07) is 17.3. The summed E-state index contributed by atoms with van der Waals surface area (Å²) >= 11 is 0. The van der Waals surface area contributed by atoms with Gasteiger partial charge >= 0.3 is 6.09 Å². The monoisotopic (exact) mass is 424 g/mol. The van der Waals surface area contributed by atoms with Gasteiger partial charge in [0.1, 0.15) is 18.0 Å². The molecule has 1 heterocycles. The number of benzene rings is 2. The van der Waals surface area contributed by atoms with Gasteiger partial charge in [-0.25, -0.2) is 4.79 Å². The van der Waals surface area contributed by atoms with E-state index in [1.165, 1.54) is 0 Å². The maximum absolute atomic E-state index is 12.9. The summed E-state index contributed by atoms with van der Waals surface area (Å²) in [5, 5.41) is 2.84. The molecule has 2 amide bonds. The molecule has 1 N–H and O–H groups in total. The highest BCUT2D eigenvalue weighted by Crippen LogP contribution is 2.21. The Morgan fingerprint density at radius 3 is 2.42 bits per heavy atom. The zero-order chi connectivity index (χ0) is 22.3. The predicted molar refractivity (Wildman–Crippen MR) is 120 cm³/mol. The van der Waals surface area contributed by atoms with Crippen molar-refractivity contribution in [3.8, 4) is 5.75 Å². The average molecular weight is 425 g/mol. The van der Waals surface area contributed by atoms with Crippen molar-refractivity contribution in [2.24, 2.45) is 5.92 Å². The number of piperidine rings is 1. The summed E-state index contributed by atoms with van der Waals surface area (Å²) in [7, 11) is 0. The second kappa shape index (κ2) is 10.3. The molecule has 0 unspecified atom stereocenters. The van der Waals surface area contributed by atoms with Gasteiger partial charge in [-0.1, -0.05) is 36.4 Å². The van der Waals surface area contributed by atoms with E-state index in [0.717, 1.165) is 18.4 Å². The second-order valence-electron chi connectivity index (χ2n) is 8.92. The van der Waals surface area contributed by atoms with Crippen LogP contribution in [-0.4, -0.2) is 42.1 Å². The highest BCUT2D eigenvalue weighted by atomic mass is 16.6. The average Bonchev–Trinajstić information content (AvgIpc) is 2.76. The van der Waals surface area contributed by atoms with Gasteiger partial charge in [-0.2, -0.15) is 0 Å². The molecule has 1 aliphatic heterocycles. The van der Waals surface area contributed by atoms with E-state index in [1.54, 1.807) is 6.07 Å². The Kier molecular flexibility index (Phi) is 7.55. The van der Waals surface area contributed by atoms with Crippen molar-refractivity contribution in [1.82, 2.24) is 10.2 Å². The highest BCUT2D eigenvalue weighted by Gasteiger charge is 2.25. The number of hydrogen-bond donors (Lipinski definition) is 1. The summed E-state index contributed by atoms with van der Waals surface area (Å²) in [4.78, 5) is 26.6. The quantitative estimate of drug-likeness (QED) is 0.733. The Morgan fingerprint density at radius 1 is 1.03 bits per heavy atom. The van der Waals surface area contributed by atoms with Crippen LogP contribution in [0.5, 0.6) is 5.75 Å². The van der Waals surface area contributed by atoms with Crippen LogP contribution < -0.4 is 10.1 Å². The van der Waals surface area contributed by atoms with Crippen LogP contribution in [0.1, 0.15) is 49.5 Å². The number of nitrogens with zero attached hydrogens (tertiary/aromatic N) is 1. The SMILES string of the molecule is CC(C)(C)OC(=O)NCC1CCN(C(=O)c2cccc(OCc3ccccc3)c2)CC1. The first-order chi connectivity index (χ1) is 14.8. The van der Waals surface area contributed by atoms with Crippen LogP contribution >= 0.6 is 0 Å². The van der Waals surface area contributed by atoms with Crippen molar-refractivity contribution in [2.75, 3.05) is 19.6 Å². The zero-order valence-corrected chi connectivity index (χ0v) is 18.6. The van der Waals surface area contributed by atoms with Crippen molar-refractivity contribution in [3.63, 3.8) is 0 Å². The number of amides is 2. The third kappa shape index (κ3) is 7.31. The third-order valence-electron chi connectivity index (χ3n) is 5.17. The second-order valence-corrected chi connectivity index (χ2v) is 8.92. The van der Waals surface area contributed by atoms with Gasteiger partial charge < -0.3 is 19.7 Å². The van der Waals surface area contributed by atoms with Crippen LogP contribution in [0, 0.1) is 5.92 Å². The van der Waals surface area contributed by atoms with E-state index in [-0.39, 0.29) is 5.91 Å². The molecule has 0 atom stereocenters. The minimum absolute atomic E-state index is 0.0173. The number of rotatable bonds is 6. The summed E-state index contributed by atoms with van der Waals surface area (Å²) in [5.41, 5.74) is 1.22. The summed E-state index contributed by atoms with van der Waals surface area (Å²) in [5.74, 6) is 1.05. The largest absolute Gasteiger partial charge is 0.489 e. The molecule has 6 heteroatoms. The summed E-state index contributed by atoms with van der Waals surface area (Å²) in [6.07, 6.45) is 1.32. The molecule has 3 rings (SSSR count). The molecule has 0 radical (unpaired) electrons. The van der Waals surface area contributed by atoms with Crippen LogP contribution in [0.2, 0.25) is 0 Å². The predicted octanol–water partition coefficient (Wildman–Crippen LogP) is 4.64. The fourth-order valence-corrected chi connectivity index (χ4v) is 3.52. The first kappa shape index (κ1) is 22.7. The molecule has 6 nitrogen and oxygen atoms in total. The number of nitrogens with one attached hydrogen (secondary N) is 1. The minimum Gasteiger partial charge on any atom is -0.489 e. The molecule has 0 spiro atoms. The molecule has 2 aromatic carbocycles. The van der Waals surface area contributed by atoms with E-state index >= 15 is 0 Å². The molecule has 1 fully saturated rings. The lowest BCUT2D eigenvalue weighted by Gasteiger charge is -2.32. The van der Waals surface area contributed by atoms with E-state index in [2.05, 4.69) is 5.32 Å². The van der Waals surface area contributed by atoms with Crippen molar-refractivity contribution in [3.05, 3.63) is 65.7 Å². The third-order valence-corrected chi connectivity index (χ3v) is 5.17. The van der Waals surface area contributed by atoms with Crippen LogP contribution in [0.25, 0.3) is 0 Å². The van der Waals surface area contributed by atoms with Gasteiger partial charge in [-0.05, 0) is 63.3 Å². The molecule has 2 aromatic rings. The molecule has 1 aliphatic rings. The fourth-order valence-electron chi connectivity index (χ4n) is 3.52. The first-order valence-electron chi connectivity index (χ1n) is 10.8. The van der Waals surface area contributed by atoms with Crippen LogP contribution in [-0.2, 0) is 11.3 Å². The maximum Gasteiger partial charge on any atom is 0.407 e. The molecule has 0 aliphatic carbocycles. The number of carbonyl (C=O) groups is 2. The van der Waals surface area contributed by atoms with Crippen molar-refractivity contribution < 1.29 is 19.1 Å². The van der Waals surface area contributed by atoms with Crippen LogP contribution in [0.15, 0.2) is 54.6 Å². The lowest BCUT2D eigenvalue weighted by Crippen LogP contribution is -2.42. The molecular formula is C25H32N2O4. The van der Waals surface area contributed by atoms with E-state index in [1.807, 2.05) is 74.2 Å². The lowest BCUT2D eigenvalue weighted by molar-refractivity contribution is 0.0500. The lowest BCUT2D eigenvalue weighted by atomic mass is 9.96. The van der Waals surface area contributed by atoms with E-state index in [9.17, 15) is 9.59 Å². The van der Waals surface area contributed by atoms with Gasteiger partial charge in [0.25, 0.3) is 5.91 Å². The smallest absolute Gasteiger partial charge is 0.407 e. The van der Waals surface area contributed by atoms with E-state index in [0.29, 0.717) is 43.5 Å². The number of carbonyl (C=O) groups excluding carboxylic acids is 2. The fraction of sp³-hybridized carbons (Fsp3) is 0.440. The minimum atomic E-state index is -0.501. The van der Waals surface area contributed by atoms with Crippen molar-refractivity contribution in [2.45, 2.75) is 45.8 Å². The van der Waals surface area contributed by atoms with E-state index in [4.69, 9.17) is 9.47 Å². The Morgan fingerprint density at radius 2 is 1.74 bits per heavy atom. The number of ether oxygens (including phenoxy) is 2. The summed E-state index contributed by atoms with van der Waals surface area (Å²) < 4.78 is 11.1. The molecule has 31 heavy (non-hydrogen) atoms. The molecular weight excluding hydrogens is 392 g/mol. The van der Waals surface area contributed by atoms with Crippen molar-refractivity contribution >= 4 is 12.0 Å². The normalized spacial score (nSPS) is 14.7. The topological polar surface area (TPSA) is 67.9 Å². The van der Waals surface area contributed by atoms with Gasteiger partial charge in [0.15, 0.2) is 0 Å². The van der Waals surface area contributed by atoms with Gasteiger partial charge in [0.2, 0.25) is 0 Å². The first-order valence-corrected chi connectivity index (χ1v) is 10.8. The highest BCUT2D eigenvalue weighted by molar-refractivity contribution is 5.94. The Hall–Kier alpha value is -3.02. The number of alkyl carbamates (subject to hydrolysis) is 1. The standard InChI is InChI=1S/C25H32N2O4/c1-25(2,3)31-24(29)26-17-19-12-14-27(15-13-19)23(28)21-10-7-11-22(16-21)30-18-20-8-5-4-6-9-20/h4-11,16,19H,12-15,17-18H2,1-3H3,(H,26,29). The Balaban J connectivity index is 1.46. The van der Waals surface area contributed by atoms with Gasteiger partial charge in [-0.15, -0.1) is 0 Å². The van der Waals surface area contributed by atoms with Gasteiger partial charge in [0.05, 0.1) is 0 Å². The van der Waals surface area contributed by atoms with Crippen LogP contribution in [0.3, 0.4) is 0 Å². The molecule has 1 saturated heterocycles. The molecule has 0 bridgehead atoms. The summed E-state index contributed by atoms with van der Waals surface area (Å²) in [6.45, 7) is 7.92. The van der Waals surface area contributed by atoms with E-state index < -0.39 is 11.7 Å². The maximum atomic E-state index is 12.9. The molecule has 0 aromatic heterocycles. The number of hydrogen-bond acceptors (Lipinski definition) is 4.